The number of hydrogen-bond acceptors (Lipinski definition) is 2. The van der Waals surface area contributed by atoms with Crippen molar-refractivity contribution in [3.8, 4) is 0 Å². The molecule has 0 radical (unpaired) electrons. The third-order valence-corrected chi connectivity index (χ3v) is 4.54. The number of likely N-dealkylation sites (tertiary alicyclic amines) is 1. The van der Waals surface area contributed by atoms with E-state index in [1.54, 1.807) is 0 Å². The molecule has 1 fully saturated rings. The normalized spacial score (nSPS) is 18.1. The topological polar surface area (TPSA) is 32.3 Å². The van der Waals surface area contributed by atoms with Crippen LogP contribution in [0.5, 0.6) is 0 Å². The molecule has 1 aliphatic heterocycles. The Morgan fingerprint density at radius 1 is 1.35 bits per heavy atom. The van der Waals surface area contributed by atoms with Gasteiger partial charge >= 0.3 is 0 Å². The summed E-state index contributed by atoms with van der Waals surface area (Å²) in [5, 5.41) is 4.05. The van der Waals surface area contributed by atoms with Crippen molar-refractivity contribution in [2.24, 2.45) is 0 Å². The van der Waals surface area contributed by atoms with Gasteiger partial charge in [0, 0.05) is 28.6 Å². The van der Waals surface area contributed by atoms with Crippen molar-refractivity contribution in [2.45, 2.75) is 38.8 Å². The minimum Gasteiger partial charge on any atom is -0.341 e. The van der Waals surface area contributed by atoms with E-state index in [0.29, 0.717) is 5.02 Å². The summed E-state index contributed by atoms with van der Waals surface area (Å²) in [4.78, 5) is 14.2. The minimum atomic E-state index is -0.192. The number of amides is 1. The molecule has 1 heterocycles. The number of halogens is 2. The van der Waals surface area contributed by atoms with E-state index in [4.69, 9.17) is 11.6 Å². The van der Waals surface area contributed by atoms with Crippen LogP contribution in [0.3, 0.4) is 0 Å². The zero-order valence-corrected chi connectivity index (χ0v) is 14.2. The van der Waals surface area contributed by atoms with Crippen LogP contribution < -0.4 is 5.32 Å². The van der Waals surface area contributed by atoms with Crippen LogP contribution in [0.4, 0.5) is 0 Å². The number of benzene rings is 1. The standard InChI is InChI=1S/C15H20BrClN2O/c1-10(13-6-5-12(16)9-14(13)17)18-11(2)15(20)19-7-3-4-8-19/h5-6,9-11,18H,3-4,7-8H2,1-2H3. The van der Waals surface area contributed by atoms with Crippen LogP contribution in [0.2, 0.25) is 5.02 Å². The van der Waals surface area contributed by atoms with Crippen LogP contribution in [0.25, 0.3) is 0 Å². The summed E-state index contributed by atoms with van der Waals surface area (Å²) in [6, 6.07) is 5.67. The summed E-state index contributed by atoms with van der Waals surface area (Å²) >= 11 is 9.65. The van der Waals surface area contributed by atoms with E-state index in [0.717, 1.165) is 36.0 Å². The predicted molar refractivity (Wildman–Crippen MR) is 86.0 cm³/mol. The summed E-state index contributed by atoms with van der Waals surface area (Å²) in [5.74, 6) is 0.183. The Hall–Kier alpha value is -0.580. The molecule has 1 aromatic carbocycles. The molecular formula is C15H20BrClN2O. The molecule has 1 aromatic rings. The molecule has 1 aliphatic rings. The van der Waals surface area contributed by atoms with Gasteiger partial charge in [0.05, 0.1) is 6.04 Å². The number of rotatable bonds is 4. The zero-order chi connectivity index (χ0) is 14.7. The van der Waals surface area contributed by atoms with Gasteiger partial charge in [0.2, 0.25) is 5.91 Å². The molecular weight excluding hydrogens is 340 g/mol. The molecule has 1 amide bonds. The van der Waals surface area contributed by atoms with Crippen molar-refractivity contribution in [1.29, 1.82) is 0 Å². The first kappa shape index (κ1) is 15.8. The second kappa shape index (κ2) is 6.92. The number of nitrogens with zero attached hydrogens (tertiary/aromatic N) is 1. The van der Waals surface area contributed by atoms with Gasteiger partial charge in [-0.3, -0.25) is 10.1 Å². The molecule has 2 rings (SSSR count). The van der Waals surface area contributed by atoms with Crippen molar-refractivity contribution in [3.05, 3.63) is 33.3 Å². The smallest absolute Gasteiger partial charge is 0.239 e. The SMILES string of the molecule is CC(NC(C)c1ccc(Br)cc1Cl)C(=O)N1CCCC1. The first-order valence-corrected chi connectivity index (χ1v) is 8.16. The maximum Gasteiger partial charge on any atom is 0.239 e. The number of nitrogens with one attached hydrogen (secondary N) is 1. The van der Waals surface area contributed by atoms with E-state index in [9.17, 15) is 4.79 Å². The van der Waals surface area contributed by atoms with E-state index in [-0.39, 0.29) is 18.0 Å². The van der Waals surface area contributed by atoms with Gasteiger partial charge in [0.15, 0.2) is 0 Å². The summed E-state index contributed by atoms with van der Waals surface area (Å²) in [7, 11) is 0. The highest BCUT2D eigenvalue weighted by Gasteiger charge is 2.24. The quantitative estimate of drug-likeness (QED) is 0.887. The van der Waals surface area contributed by atoms with Gasteiger partial charge in [-0.15, -0.1) is 0 Å². The Bertz CT molecular complexity index is 489. The highest BCUT2D eigenvalue weighted by molar-refractivity contribution is 9.10. The Morgan fingerprint density at radius 3 is 2.60 bits per heavy atom. The van der Waals surface area contributed by atoms with Crippen molar-refractivity contribution >= 4 is 33.4 Å². The number of hydrogen-bond donors (Lipinski definition) is 1. The Labute approximate surface area is 133 Å². The molecule has 0 aromatic heterocycles. The van der Waals surface area contributed by atoms with E-state index < -0.39 is 0 Å². The van der Waals surface area contributed by atoms with Crippen LogP contribution in [0.1, 0.15) is 38.3 Å². The van der Waals surface area contributed by atoms with Crippen molar-refractivity contribution in [1.82, 2.24) is 10.2 Å². The van der Waals surface area contributed by atoms with Gasteiger partial charge in [-0.2, -0.15) is 0 Å². The summed E-state index contributed by atoms with van der Waals surface area (Å²) in [5.41, 5.74) is 1.01. The lowest BCUT2D eigenvalue weighted by Gasteiger charge is -2.25. The van der Waals surface area contributed by atoms with E-state index in [2.05, 4.69) is 21.2 Å². The van der Waals surface area contributed by atoms with Gasteiger partial charge < -0.3 is 4.90 Å². The summed E-state index contributed by atoms with van der Waals surface area (Å²) < 4.78 is 0.958. The molecule has 1 N–H and O–H groups in total. The molecule has 20 heavy (non-hydrogen) atoms. The number of carbonyl (C=O) groups excluding carboxylic acids is 1. The van der Waals surface area contributed by atoms with Crippen LogP contribution in [-0.4, -0.2) is 29.9 Å². The fourth-order valence-corrected chi connectivity index (χ4v) is 3.44. The second-order valence-electron chi connectivity index (χ2n) is 5.31. The van der Waals surface area contributed by atoms with Crippen LogP contribution in [0, 0.1) is 0 Å². The fourth-order valence-electron chi connectivity index (χ4n) is 2.60. The highest BCUT2D eigenvalue weighted by atomic mass is 79.9. The molecule has 2 atom stereocenters. The molecule has 0 bridgehead atoms. The second-order valence-corrected chi connectivity index (χ2v) is 6.63. The third-order valence-electron chi connectivity index (χ3n) is 3.72. The Kier molecular flexibility index (Phi) is 5.47. The lowest BCUT2D eigenvalue weighted by atomic mass is 10.1. The van der Waals surface area contributed by atoms with Gasteiger partial charge in [-0.1, -0.05) is 33.6 Å². The number of carbonyl (C=O) groups is 1. The van der Waals surface area contributed by atoms with Gasteiger partial charge in [-0.05, 0) is 44.4 Å². The first-order chi connectivity index (χ1) is 9.49. The zero-order valence-electron chi connectivity index (χ0n) is 11.8. The van der Waals surface area contributed by atoms with E-state index in [1.807, 2.05) is 36.9 Å². The third kappa shape index (κ3) is 3.74. The van der Waals surface area contributed by atoms with E-state index >= 15 is 0 Å². The predicted octanol–water partition coefficient (Wildman–Crippen LogP) is 3.76. The molecule has 1 saturated heterocycles. The Morgan fingerprint density at radius 2 is 2.00 bits per heavy atom. The summed E-state index contributed by atoms with van der Waals surface area (Å²) in [6.07, 6.45) is 2.24. The molecule has 5 heteroatoms. The van der Waals surface area contributed by atoms with Crippen LogP contribution >= 0.6 is 27.5 Å². The van der Waals surface area contributed by atoms with Crippen molar-refractivity contribution in [2.75, 3.05) is 13.1 Å². The molecule has 0 aliphatic carbocycles. The maximum absolute atomic E-state index is 12.3. The first-order valence-electron chi connectivity index (χ1n) is 6.99. The highest BCUT2D eigenvalue weighted by Crippen LogP contribution is 2.26. The molecule has 3 nitrogen and oxygen atoms in total. The molecule has 110 valence electrons. The average Bonchev–Trinajstić information content (AvgIpc) is 2.91. The van der Waals surface area contributed by atoms with E-state index in [1.165, 1.54) is 0 Å². The maximum atomic E-state index is 12.3. The van der Waals surface area contributed by atoms with Gasteiger partial charge in [-0.25, -0.2) is 0 Å². The lowest BCUT2D eigenvalue weighted by Crippen LogP contribution is -2.44. The van der Waals surface area contributed by atoms with Gasteiger partial charge in [0.1, 0.15) is 0 Å². The molecule has 0 saturated carbocycles. The lowest BCUT2D eigenvalue weighted by molar-refractivity contribution is -0.132. The summed E-state index contributed by atoms with van der Waals surface area (Å²) in [6.45, 7) is 5.73. The monoisotopic (exact) mass is 358 g/mol. The fraction of sp³-hybridized carbons (Fsp3) is 0.533. The van der Waals surface area contributed by atoms with Crippen LogP contribution in [-0.2, 0) is 4.79 Å². The molecule has 0 spiro atoms. The Balaban J connectivity index is 1.99. The molecule has 2 unspecified atom stereocenters. The minimum absolute atomic E-state index is 0.0390. The average molecular weight is 360 g/mol. The van der Waals surface area contributed by atoms with Crippen LogP contribution in [0.15, 0.2) is 22.7 Å². The largest absolute Gasteiger partial charge is 0.341 e. The van der Waals surface area contributed by atoms with Gasteiger partial charge in [0.25, 0.3) is 0 Å². The van der Waals surface area contributed by atoms with Crippen molar-refractivity contribution < 1.29 is 4.79 Å². The van der Waals surface area contributed by atoms with Crippen molar-refractivity contribution in [3.63, 3.8) is 0 Å².